The highest BCUT2D eigenvalue weighted by atomic mass is 32.1. The molecule has 0 aliphatic heterocycles. The average Bonchev–Trinajstić information content (AvgIpc) is 2.21. The van der Waals surface area contributed by atoms with E-state index < -0.39 is 0 Å². The molecule has 0 aliphatic carbocycles. The molecule has 2 heteroatoms. The summed E-state index contributed by atoms with van der Waals surface area (Å²) >= 11 is 4.89. The topological polar surface area (TPSA) is 20.2 Å². The Bertz CT molecular complexity index is 84.3. The molecule has 0 aromatic rings. The van der Waals surface area contributed by atoms with Gasteiger partial charge >= 0.3 is 0 Å². The van der Waals surface area contributed by atoms with Crippen LogP contribution in [0.15, 0.2) is 0 Å². The second-order valence-electron chi connectivity index (χ2n) is 3.96. The smallest absolute Gasteiger partial charge is 0.0431 e. The van der Waals surface area contributed by atoms with E-state index in [2.05, 4.69) is 0 Å². The molecule has 1 N–H and O–H groups in total. The maximum absolute atomic E-state index is 8.58. The molecule has 0 aromatic carbocycles. The van der Waals surface area contributed by atoms with Crippen LogP contribution in [0.5, 0.6) is 0 Å². The van der Waals surface area contributed by atoms with E-state index in [0.717, 1.165) is 12.2 Å². The summed E-state index contributed by atoms with van der Waals surface area (Å²) in [4.78, 5) is 0. The van der Waals surface area contributed by atoms with Gasteiger partial charge in [0.2, 0.25) is 0 Å². The molecule has 0 aromatic heterocycles. The van der Waals surface area contributed by atoms with Gasteiger partial charge in [0.15, 0.2) is 0 Å². The normalized spacial score (nSPS) is 10.7. The number of aliphatic hydroxyl groups is 1. The van der Waals surface area contributed by atoms with Crippen molar-refractivity contribution in [2.24, 2.45) is 0 Å². The second kappa shape index (κ2) is 13.3. The summed E-state index contributed by atoms with van der Waals surface area (Å²) in [6.45, 7) is 0.362. The van der Waals surface area contributed by atoms with E-state index in [1.165, 1.54) is 57.8 Å². The summed E-state index contributed by atoms with van der Waals surface area (Å²) in [5, 5.41) is 8.58. The van der Waals surface area contributed by atoms with E-state index in [1.54, 1.807) is 0 Å². The highest BCUT2D eigenvalue weighted by Crippen LogP contribution is 2.10. The Morgan fingerprint density at radius 1 is 0.571 bits per heavy atom. The lowest BCUT2D eigenvalue weighted by Gasteiger charge is -2.01. The van der Waals surface area contributed by atoms with Crippen LogP contribution in [0.3, 0.4) is 0 Å². The lowest BCUT2D eigenvalue weighted by atomic mass is 10.1. The monoisotopic (exact) mass is 217 g/mol. The van der Waals surface area contributed by atoms with Crippen LogP contribution in [0, 0.1) is 0 Å². The Labute approximate surface area is 94.7 Å². The third-order valence-electron chi connectivity index (χ3n) is 2.55. The molecule has 0 atom stereocenters. The third-order valence-corrected chi connectivity index (χ3v) is 2.84. The Balaban J connectivity index is 2.78. The van der Waals surface area contributed by atoms with Gasteiger partial charge in [0.25, 0.3) is 0 Å². The van der Waals surface area contributed by atoms with E-state index >= 15 is 0 Å². The van der Waals surface area contributed by atoms with Crippen LogP contribution >= 0.6 is 12.6 Å². The zero-order valence-corrected chi connectivity index (χ0v) is 10.2. The van der Waals surface area contributed by atoms with Gasteiger partial charge in [0.05, 0.1) is 0 Å². The minimum Gasteiger partial charge on any atom is -0.396 e. The predicted molar refractivity (Wildman–Crippen MR) is 65.7 cm³/mol. The first-order valence-corrected chi connectivity index (χ1v) is 6.68. The molecular formula is C12H25OS. The molecule has 1 nitrogen and oxygen atoms in total. The Hall–Kier alpha value is 0.310. The quantitative estimate of drug-likeness (QED) is 0.517. The Kier molecular flexibility index (Phi) is 13.6. The molecule has 0 rings (SSSR count). The minimum absolute atomic E-state index is 0.362. The van der Waals surface area contributed by atoms with Gasteiger partial charge in [0.1, 0.15) is 0 Å². The third kappa shape index (κ3) is 12.3. The zero-order chi connectivity index (χ0) is 10.5. The molecular weight excluding hydrogens is 192 g/mol. The Morgan fingerprint density at radius 3 is 1.29 bits per heavy atom. The van der Waals surface area contributed by atoms with E-state index in [4.69, 9.17) is 17.7 Å². The molecule has 0 bridgehead atoms. The van der Waals surface area contributed by atoms with Gasteiger partial charge in [-0.15, -0.1) is 0 Å². The average molecular weight is 217 g/mol. The summed E-state index contributed by atoms with van der Waals surface area (Å²) in [7, 11) is 0. The van der Waals surface area contributed by atoms with E-state index in [-0.39, 0.29) is 0 Å². The summed E-state index contributed by atoms with van der Waals surface area (Å²) in [6.07, 6.45) is 12.9. The fraction of sp³-hybridized carbons (Fsp3) is 1.00. The predicted octanol–water partition coefficient (Wildman–Crippen LogP) is 4.08. The molecule has 85 valence electrons. The van der Waals surface area contributed by atoms with Crippen molar-refractivity contribution in [3.05, 3.63) is 0 Å². The van der Waals surface area contributed by atoms with Crippen molar-refractivity contribution in [2.45, 2.75) is 64.2 Å². The summed E-state index contributed by atoms with van der Waals surface area (Å²) < 4.78 is 0. The number of hydrogen-bond acceptors (Lipinski definition) is 1. The van der Waals surface area contributed by atoms with Crippen molar-refractivity contribution < 1.29 is 5.11 Å². The number of aliphatic hydroxyl groups excluding tert-OH is 1. The van der Waals surface area contributed by atoms with E-state index in [1.807, 2.05) is 0 Å². The number of hydrogen-bond donors (Lipinski definition) is 1. The van der Waals surface area contributed by atoms with Gasteiger partial charge in [-0.2, -0.15) is 0 Å². The van der Waals surface area contributed by atoms with Crippen LogP contribution in [0.25, 0.3) is 0 Å². The van der Waals surface area contributed by atoms with Gasteiger partial charge < -0.3 is 5.11 Å². The van der Waals surface area contributed by atoms with Crippen molar-refractivity contribution in [3.8, 4) is 0 Å². The van der Waals surface area contributed by atoms with Crippen LogP contribution in [-0.4, -0.2) is 17.5 Å². The molecule has 0 unspecified atom stereocenters. The van der Waals surface area contributed by atoms with Crippen molar-refractivity contribution in [2.75, 3.05) is 12.4 Å². The standard InChI is InChI=1S/C12H25OS/c13-11-9-7-5-3-1-2-4-6-8-10-12-14/h13H,1-12H2. The van der Waals surface area contributed by atoms with Crippen molar-refractivity contribution in [1.82, 2.24) is 0 Å². The zero-order valence-electron chi connectivity index (χ0n) is 9.34. The number of rotatable bonds is 11. The fourth-order valence-electron chi connectivity index (χ4n) is 1.63. The van der Waals surface area contributed by atoms with Crippen LogP contribution < -0.4 is 0 Å². The molecule has 0 fully saturated rings. The van der Waals surface area contributed by atoms with Crippen molar-refractivity contribution in [3.63, 3.8) is 0 Å². The highest BCUT2D eigenvalue weighted by Gasteiger charge is 1.92. The van der Waals surface area contributed by atoms with Crippen LogP contribution in [0.4, 0.5) is 0 Å². The molecule has 14 heavy (non-hydrogen) atoms. The molecule has 0 heterocycles. The molecule has 1 radical (unpaired) electrons. The fourth-order valence-corrected chi connectivity index (χ4v) is 1.83. The van der Waals surface area contributed by atoms with Gasteiger partial charge in [0, 0.05) is 12.4 Å². The molecule has 0 saturated carbocycles. The molecule has 0 aliphatic rings. The SMILES string of the molecule is OCCCCCCCCCCCC[S]. The first-order chi connectivity index (χ1) is 6.91. The molecule has 0 spiro atoms. The van der Waals surface area contributed by atoms with Gasteiger partial charge in [-0.25, -0.2) is 0 Å². The molecule has 0 saturated heterocycles. The second-order valence-corrected chi connectivity index (χ2v) is 4.37. The van der Waals surface area contributed by atoms with Crippen LogP contribution in [0.2, 0.25) is 0 Å². The lowest BCUT2D eigenvalue weighted by molar-refractivity contribution is 0.282. The van der Waals surface area contributed by atoms with Gasteiger partial charge in [-0.05, 0) is 12.8 Å². The summed E-state index contributed by atoms with van der Waals surface area (Å²) in [6, 6.07) is 0. The largest absolute Gasteiger partial charge is 0.396 e. The van der Waals surface area contributed by atoms with Crippen molar-refractivity contribution >= 4 is 12.6 Å². The van der Waals surface area contributed by atoms with Gasteiger partial charge in [-0.1, -0.05) is 64.0 Å². The van der Waals surface area contributed by atoms with Crippen LogP contribution in [0.1, 0.15) is 64.2 Å². The lowest BCUT2D eigenvalue weighted by Crippen LogP contribution is -1.84. The maximum atomic E-state index is 8.58. The Morgan fingerprint density at radius 2 is 0.929 bits per heavy atom. The van der Waals surface area contributed by atoms with Crippen molar-refractivity contribution in [1.29, 1.82) is 0 Å². The number of unbranched alkanes of at least 4 members (excludes halogenated alkanes) is 9. The first-order valence-electron chi connectivity index (χ1n) is 6.10. The minimum atomic E-state index is 0.362. The van der Waals surface area contributed by atoms with E-state index in [0.29, 0.717) is 6.61 Å². The maximum Gasteiger partial charge on any atom is 0.0431 e. The summed E-state index contributed by atoms with van der Waals surface area (Å²) in [5.74, 6) is 0.932. The highest BCUT2D eigenvalue weighted by molar-refractivity contribution is 7.80. The first kappa shape index (κ1) is 14.3. The van der Waals surface area contributed by atoms with Crippen LogP contribution in [-0.2, 0) is 0 Å². The molecule has 0 amide bonds. The summed E-state index contributed by atoms with van der Waals surface area (Å²) in [5.41, 5.74) is 0. The van der Waals surface area contributed by atoms with Gasteiger partial charge in [-0.3, -0.25) is 0 Å². The van der Waals surface area contributed by atoms with E-state index in [9.17, 15) is 0 Å².